The highest BCUT2D eigenvalue weighted by atomic mass is 32.2. The van der Waals surface area contributed by atoms with Crippen LogP contribution in [0, 0.1) is 12.8 Å². The summed E-state index contributed by atoms with van der Waals surface area (Å²) < 4.78 is 23.1. The van der Waals surface area contributed by atoms with Crippen molar-refractivity contribution in [1.29, 1.82) is 0 Å². The van der Waals surface area contributed by atoms with Crippen LogP contribution in [0.4, 0.5) is 5.82 Å². The molecular formula is C19H25N5O3S. The monoisotopic (exact) mass is 403 g/mol. The minimum atomic E-state index is -3.06. The van der Waals surface area contributed by atoms with Gasteiger partial charge < -0.3 is 9.80 Å². The van der Waals surface area contributed by atoms with Crippen molar-refractivity contribution in [2.24, 2.45) is 5.92 Å². The van der Waals surface area contributed by atoms with E-state index in [0.29, 0.717) is 13.0 Å². The zero-order chi connectivity index (χ0) is 19.9. The number of fused-ring (bicyclic) bond motifs is 1. The van der Waals surface area contributed by atoms with Crippen LogP contribution in [0.1, 0.15) is 25.1 Å². The number of rotatable bonds is 4. The number of carbonyl (C=O) groups is 1. The van der Waals surface area contributed by atoms with Crippen molar-refractivity contribution in [3.63, 3.8) is 0 Å². The fraction of sp³-hybridized carbons (Fsp3) is 0.579. The fourth-order valence-electron chi connectivity index (χ4n) is 4.41. The average Bonchev–Trinajstić information content (AvgIpc) is 2.99. The number of nitrogens with zero attached hydrogens (tertiary/aromatic N) is 5. The maximum absolute atomic E-state index is 12.4. The van der Waals surface area contributed by atoms with E-state index in [1.165, 1.54) is 6.26 Å². The second-order valence-electron chi connectivity index (χ2n) is 7.91. The normalized spacial score (nSPS) is 21.6. The minimum Gasteiger partial charge on any atom is -0.356 e. The number of aromatic nitrogens is 3. The van der Waals surface area contributed by atoms with E-state index in [-0.39, 0.29) is 23.6 Å². The molecule has 0 N–H and O–H groups in total. The number of pyridine rings is 1. The summed E-state index contributed by atoms with van der Waals surface area (Å²) in [6.07, 6.45) is 6.80. The van der Waals surface area contributed by atoms with Crippen LogP contribution in [-0.2, 0) is 14.6 Å². The van der Waals surface area contributed by atoms with Gasteiger partial charge in [0.25, 0.3) is 0 Å². The Kier molecular flexibility index (Phi) is 4.95. The molecule has 150 valence electrons. The molecule has 2 aromatic heterocycles. The molecule has 1 unspecified atom stereocenters. The zero-order valence-corrected chi connectivity index (χ0v) is 17.0. The summed E-state index contributed by atoms with van der Waals surface area (Å²) in [6, 6.07) is 2.11. The van der Waals surface area contributed by atoms with Crippen molar-refractivity contribution >= 4 is 32.5 Å². The van der Waals surface area contributed by atoms with Gasteiger partial charge in [0.2, 0.25) is 5.91 Å². The lowest BCUT2D eigenvalue weighted by Gasteiger charge is -2.37. The average molecular weight is 404 g/mol. The van der Waals surface area contributed by atoms with Crippen molar-refractivity contribution in [2.75, 3.05) is 36.5 Å². The standard InChI is InChI=1S/C19H25N5O3S/c1-13-21-17-10-20-6-3-16(17)19(22-13)23-7-4-15(5-8-23)24-11-14(9-18(24)25)12-28(2,26)27/h3,6,10,14-15H,4-5,7-9,11-12H2,1-2H3. The molecule has 28 heavy (non-hydrogen) atoms. The van der Waals surface area contributed by atoms with Crippen LogP contribution in [0.3, 0.4) is 0 Å². The lowest BCUT2D eigenvalue weighted by atomic mass is 10.0. The number of carbonyl (C=O) groups excluding carboxylic acids is 1. The first-order valence-electron chi connectivity index (χ1n) is 9.60. The molecule has 2 aliphatic heterocycles. The Morgan fingerprint density at radius 2 is 1.96 bits per heavy atom. The molecule has 0 aliphatic carbocycles. The SMILES string of the molecule is Cc1nc(N2CCC(N3CC(CS(C)(=O)=O)CC3=O)CC2)c2ccncc2n1. The summed E-state index contributed by atoms with van der Waals surface area (Å²) in [5.74, 6) is 1.74. The molecule has 2 aromatic rings. The Bertz CT molecular complexity index is 1000. The van der Waals surface area contributed by atoms with Crippen molar-refractivity contribution in [3.05, 3.63) is 24.3 Å². The van der Waals surface area contributed by atoms with E-state index >= 15 is 0 Å². The third-order valence-electron chi connectivity index (χ3n) is 5.57. The van der Waals surface area contributed by atoms with Gasteiger partial charge in [-0.25, -0.2) is 18.4 Å². The van der Waals surface area contributed by atoms with Gasteiger partial charge >= 0.3 is 0 Å². The number of sulfone groups is 1. The van der Waals surface area contributed by atoms with Crippen LogP contribution in [-0.4, -0.2) is 71.9 Å². The summed E-state index contributed by atoms with van der Waals surface area (Å²) in [5, 5.41) is 0.990. The molecule has 0 saturated carbocycles. The molecule has 0 aromatic carbocycles. The first kappa shape index (κ1) is 19.0. The number of amides is 1. The van der Waals surface area contributed by atoms with Crippen LogP contribution in [0.2, 0.25) is 0 Å². The number of aryl methyl sites for hydroxylation is 1. The minimum absolute atomic E-state index is 0.0820. The molecule has 1 atom stereocenters. The molecule has 2 fully saturated rings. The van der Waals surface area contributed by atoms with Crippen LogP contribution < -0.4 is 4.90 Å². The van der Waals surface area contributed by atoms with E-state index in [2.05, 4.69) is 19.9 Å². The molecule has 4 heterocycles. The molecule has 4 rings (SSSR count). The second-order valence-corrected chi connectivity index (χ2v) is 10.1. The first-order valence-corrected chi connectivity index (χ1v) is 11.7. The number of likely N-dealkylation sites (tertiary alicyclic amines) is 1. The molecule has 2 saturated heterocycles. The number of hydrogen-bond acceptors (Lipinski definition) is 7. The summed E-state index contributed by atoms with van der Waals surface area (Å²) in [6.45, 7) is 4.05. The van der Waals surface area contributed by atoms with Crippen LogP contribution >= 0.6 is 0 Å². The smallest absolute Gasteiger partial charge is 0.223 e. The van der Waals surface area contributed by atoms with Gasteiger partial charge in [-0.3, -0.25) is 9.78 Å². The number of hydrogen-bond donors (Lipinski definition) is 0. The van der Waals surface area contributed by atoms with Gasteiger partial charge in [-0.1, -0.05) is 0 Å². The molecule has 9 heteroatoms. The van der Waals surface area contributed by atoms with Gasteiger partial charge in [-0.15, -0.1) is 0 Å². The molecular weight excluding hydrogens is 378 g/mol. The van der Waals surface area contributed by atoms with Gasteiger partial charge in [0, 0.05) is 49.9 Å². The van der Waals surface area contributed by atoms with Gasteiger partial charge in [0.15, 0.2) is 0 Å². The predicted octanol–water partition coefficient (Wildman–Crippen LogP) is 1.20. The number of anilines is 1. The van der Waals surface area contributed by atoms with E-state index in [0.717, 1.165) is 48.5 Å². The quantitative estimate of drug-likeness (QED) is 0.757. The number of piperidine rings is 1. The van der Waals surface area contributed by atoms with Gasteiger partial charge in [0.05, 0.1) is 17.5 Å². The Balaban J connectivity index is 1.45. The van der Waals surface area contributed by atoms with E-state index < -0.39 is 9.84 Å². The van der Waals surface area contributed by atoms with Gasteiger partial charge in [-0.2, -0.15) is 0 Å². The Morgan fingerprint density at radius 1 is 1.21 bits per heavy atom. The second kappa shape index (κ2) is 7.27. The topological polar surface area (TPSA) is 96.4 Å². The summed E-state index contributed by atoms with van der Waals surface area (Å²) >= 11 is 0. The van der Waals surface area contributed by atoms with Crippen LogP contribution in [0.5, 0.6) is 0 Å². The lowest BCUT2D eigenvalue weighted by Crippen LogP contribution is -2.46. The van der Waals surface area contributed by atoms with Gasteiger partial charge in [0.1, 0.15) is 21.5 Å². The zero-order valence-electron chi connectivity index (χ0n) is 16.2. The highest BCUT2D eigenvalue weighted by Crippen LogP contribution is 2.30. The largest absolute Gasteiger partial charge is 0.356 e. The molecule has 2 aliphatic rings. The molecule has 0 spiro atoms. The summed E-state index contributed by atoms with van der Waals surface area (Å²) in [7, 11) is -3.06. The maximum Gasteiger partial charge on any atom is 0.223 e. The van der Waals surface area contributed by atoms with Crippen molar-refractivity contribution in [1.82, 2.24) is 19.9 Å². The van der Waals surface area contributed by atoms with E-state index in [4.69, 9.17) is 0 Å². The van der Waals surface area contributed by atoms with Crippen LogP contribution in [0.25, 0.3) is 10.9 Å². The maximum atomic E-state index is 12.4. The van der Waals surface area contributed by atoms with Crippen molar-refractivity contribution in [2.45, 2.75) is 32.2 Å². The van der Waals surface area contributed by atoms with E-state index in [9.17, 15) is 13.2 Å². The van der Waals surface area contributed by atoms with E-state index in [1.807, 2.05) is 17.9 Å². The predicted molar refractivity (Wildman–Crippen MR) is 107 cm³/mol. The third kappa shape index (κ3) is 3.94. The fourth-order valence-corrected chi connectivity index (χ4v) is 5.49. The van der Waals surface area contributed by atoms with Crippen LogP contribution in [0.15, 0.2) is 18.5 Å². The van der Waals surface area contributed by atoms with E-state index in [1.54, 1.807) is 12.4 Å². The van der Waals surface area contributed by atoms with Crippen molar-refractivity contribution < 1.29 is 13.2 Å². The molecule has 0 radical (unpaired) electrons. The highest BCUT2D eigenvalue weighted by Gasteiger charge is 2.37. The third-order valence-corrected chi connectivity index (χ3v) is 6.65. The summed E-state index contributed by atoms with van der Waals surface area (Å²) in [4.78, 5) is 29.8. The molecule has 8 nitrogen and oxygen atoms in total. The Labute approximate surface area is 164 Å². The molecule has 1 amide bonds. The van der Waals surface area contributed by atoms with Crippen molar-refractivity contribution in [3.8, 4) is 0 Å². The molecule has 0 bridgehead atoms. The summed E-state index contributed by atoms with van der Waals surface area (Å²) in [5.41, 5.74) is 0.838. The van der Waals surface area contributed by atoms with Gasteiger partial charge in [-0.05, 0) is 31.7 Å². The first-order chi connectivity index (χ1) is 13.3. The lowest BCUT2D eigenvalue weighted by molar-refractivity contribution is -0.130. The highest BCUT2D eigenvalue weighted by molar-refractivity contribution is 7.90. The Hall–Kier alpha value is -2.29. The Morgan fingerprint density at radius 3 is 2.68 bits per heavy atom.